The van der Waals surface area contributed by atoms with Crippen molar-refractivity contribution in [3.05, 3.63) is 0 Å². The number of unbranched alkanes of at least 4 members (excludes halogenated alkanes) is 2. The zero-order valence-corrected chi connectivity index (χ0v) is 7.73. The quantitative estimate of drug-likeness (QED) is 0.602. The van der Waals surface area contributed by atoms with Gasteiger partial charge in [0.05, 0.1) is 0 Å². The maximum Gasteiger partial charge on any atom is 0.00670 e. The first-order valence-electron chi connectivity index (χ1n) is 5.17. The first-order valence-corrected chi connectivity index (χ1v) is 5.17. The summed E-state index contributed by atoms with van der Waals surface area (Å²) in [6.45, 7) is 3.51. The van der Waals surface area contributed by atoms with Crippen LogP contribution in [0.25, 0.3) is 0 Å². The van der Waals surface area contributed by atoms with Gasteiger partial charge in [0.25, 0.3) is 0 Å². The average Bonchev–Trinajstić information content (AvgIpc) is 2.50. The van der Waals surface area contributed by atoms with Crippen LogP contribution in [0.1, 0.15) is 51.9 Å². The summed E-state index contributed by atoms with van der Waals surface area (Å²) in [7, 11) is 0. The molecule has 1 saturated carbocycles. The van der Waals surface area contributed by atoms with Gasteiger partial charge in [0.2, 0.25) is 0 Å². The van der Waals surface area contributed by atoms with Crippen LogP contribution in [0.5, 0.6) is 0 Å². The maximum absolute atomic E-state index is 3.62. The van der Waals surface area contributed by atoms with Crippen molar-refractivity contribution in [1.29, 1.82) is 0 Å². The van der Waals surface area contributed by atoms with Crippen molar-refractivity contribution in [3.63, 3.8) is 0 Å². The van der Waals surface area contributed by atoms with Crippen LogP contribution in [0.15, 0.2) is 0 Å². The smallest absolute Gasteiger partial charge is 0.00670 e. The van der Waals surface area contributed by atoms with Gasteiger partial charge in [-0.1, -0.05) is 32.6 Å². The topological polar surface area (TPSA) is 12.0 Å². The molecule has 0 radical (unpaired) electrons. The van der Waals surface area contributed by atoms with E-state index in [1.165, 1.54) is 51.5 Å². The monoisotopic (exact) mass is 155 g/mol. The van der Waals surface area contributed by atoms with Crippen LogP contribution in [0.4, 0.5) is 0 Å². The normalized spacial score (nSPS) is 19.4. The fourth-order valence-electron chi connectivity index (χ4n) is 1.81. The van der Waals surface area contributed by atoms with E-state index < -0.39 is 0 Å². The Bertz CT molecular complexity index is 84.9. The van der Waals surface area contributed by atoms with Crippen LogP contribution in [0.3, 0.4) is 0 Å². The molecule has 66 valence electrons. The van der Waals surface area contributed by atoms with Crippen LogP contribution >= 0.6 is 0 Å². The average molecular weight is 155 g/mol. The van der Waals surface area contributed by atoms with E-state index in [4.69, 9.17) is 0 Å². The van der Waals surface area contributed by atoms with Gasteiger partial charge in [0, 0.05) is 6.04 Å². The highest BCUT2D eigenvalue weighted by atomic mass is 14.9. The molecule has 1 rings (SSSR count). The second-order valence-corrected chi connectivity index (χ2v) is 3.64. The van der Waals surface area contributed by atoms with Crippen molar-refractivity contribution in [2.45, 2.75) is 57.9 Å². The molecule has 1 aliphatic rings. The zero-order chi connectivity index (χ0) is 7.94. The van der Waals surface area contributed by atoms with Crippen molar-refractivity contribution in [1.82, 2.24) is 5.32 Å². The van der Waals surface area contributed by atoms with E-state index in [0.717, 1.165) is 6.04 Å². The van der Waals surface area contributed by atoms with Crippen LogP contribution in [0.2, 0.25) is 0 Å². The summed E-state index contributed by atoms with van der Waals surface area (Å²) in [5.74, 6) is 0. The minimum Gasteiger partial charge on any atom is -0.314 e. The van der Waals surface area contributed by atoms with Crippen molar-refractivity contribution >= 4 is 0 Å². The number of hydrogen-bond donors (Lipinski definition) is 1. The fourth-order valence-corrected chi connectivity index (χ4v) is 1.81. The van der Waals surface area contributed by atoms with Crippen molar-refractivity contribution < 1.29 is 0 Å². The largest absolute Gasteiger partial charge is 0.314 e. The van der Waals surface area contributed by atoms with E-state index in [2.05, 4.69) is 12.2 Å². The van der Waals surface area contributed by atoms with Gasteiger partial charge in [-0.15, -0.1) is 0 Å². The Balaban J connectivity index is 1.86. The van der Waals surface area contributed by atoms with Gasteiger partial charge in [-0.2, -0.15) is 0 Å². The zero-order valence-electron chi connectivity index (χ0n) is 7.73. The molecule has 1 fully saturated rings. The van der Waals surface area contributed by atoms with E-state index in [1.807, 2.05) is 0 Å². The standard InChI is InChI=1S/C10H21N/c1-2-3-6-9-11-10-7-4-5-8-10/h10-11H,2-9H2,1H3. The van der Waals surface area contributed by atoms with Gasteiger partial charge in [0.15, 0.2) is 0 Å². The second-order valence-electron chi connectivity index (χ2n) is 3.64. The lowest BCUT2D eigenvalue weighted by Crippen LogP contribution is -2.26. The molecule has 0 heterocycles. The molecular formula is C10H21N. The highest BCUT2D eigenvalue weighted by Gasteiger charge is 2.12. The second kappa shape index (κ2) is 5.59. The third-order valence-corrected chi connectivity index (χ3v) is 2.57. The van der Waals surface area contributed by atoms with Crippen molar-refractivity contribution in [2.75, 3.05) is 6.54 Å². The number of nitrogens with one attached hydrogen (secondary N) is 1. The predicted molar refractivity (Wildman–Crippen MR) is 49.8 cm³/mol. The highest BCUT2D eigenvalue weighted by molar-refractivity contribution is 4.72. The van der Waals surface area contributed by atoms with E-state index in [0.29, 0.717) is 0 Å². The summed E-state index contributed by atoms with van der Waals surface area (Å²) in [5, 5.41) is 3.62. The molecule has 0 bridgehead atoms. The van der Waals surface area contributed by atoms with Crippen LogP contribution in [0, 0.1) is 0 Å². The Morgan fingerprint density at radius 3 is 2.55 bits per heavy atom. The highest BCUT2D eigenvalue weighted by Crippen LogP contribution is 2.17. The fraction of sp³-hybridized carbons (Fsp3) is 1.00. The Kier molecular flexibility index (Phi) is 4.60. The van der Waals surface area contributed by atoms with Crippen LogP contribution in [-0.4, -0.2) is 12.6 Å². The molecule has 0 aromatic rings. The molecule has 0 amide bonds. The molecule has 0 aromatic carbocycles. The lowest BCUT2D eigenvalue weighted by Gasteiger charge is -2.10. The summed E-state index contributed by atoms with van der Waals surface area (Å²) in [6.07, 6.45) is 9.84. The van der Waals surface area contributed by atoms with Crippen molar-refractivity contribution in [3.8, 4) is 0 Å². The Morgan fingerprint density at radius 2 is 1.91 bits per heavy atom. The summed E-state index contributed by atoms with van der Waals surface area (Å²) in [4.78, 5) is 0. The van der Waals surface area contributed by atoms with E-state index >= 15 is 0 Å². The molecule has 0 atom stereocenters. The Labute approximate surface area is 70.6 Å². The van der Waals surface area contributed by atoms with Gasteiger partial charge in [-0.25, -0.2) is 0 Å². The van der Waals surface area contributed by atoms with Gasteiger partial charge in [0.1, 0.15) is 0 Å². The summed E-state index contributed by atoms with van der Waals surface area (Å²) in [6, 6.07) is 0.867. The lowest BCUT2D eigenvalue weighted by atomic mass is 10.2. The molecule has 0 aromatic heterocycles. The molecule has 1 aliphatic carbocycles. The summed E-state index contributed by atoms with van der Waals surface area (Å²) < 4.78 is 0. The summed E-state index contributed by atoms with van der Waals surface area (Å²) in [5.41, 5.74) is 0. The van der Waals surface area contributed by atoms with E-state index in [1.54, 1.807) is 0 Å². The molecule has 0 saturated heterocycles. The molecule has 11 heavy (non-hydrogen) atoms. The molecule has 0 spiro atoms. The minimum absolute atomic E-state index is 0.867. The third-order valence-electron chi connectivity index (χ3n) is 2.57. The Morgan fingerprint density at radius 1 is 1.18 bits per heavy atom. The molecule has 1 N–H and O–H groups in total. The maximum atomic E-state index is 3.62. The van der Waals surface area contributed by atoms with Crippen LogP contribution in [-0.2, 0) is 0 Å². The van der Waals surface area contributed by atoms with Gasteiger partial charge >= 0.3 is 0 Å². The van der Waals surface area contributed by atoms with Crippen LogP contribution < -0.4 is 5.32 Å². The Hall–Kier alpha value is -0.0400. The van der Waals surface area contributed by atoms with Gasteiger partial charge in [-0.3, -0.25) is 0 Å². The molecule has 0 unspecified atom stereocenters. The lowest BCUT2D eigenvalue weighted by molar-refractivity contribution is 0.506. The first kappa shape index (κ1) is 9.05. The third kappa shape index (κ3) is 3.76. The molecule has 1 heteroatoms. The molecular weight excluding hydrogens is 134 g/mol. The predicted octanol–water partition coefficient (Wildman–Crippen LogP) is 2.71. The summed E-state index contributed by atoms with van der Waals surface area (Å²) >= 11 is 0. The minimum atomic E-state index is 0.867. The first-order chi connectivity index (χ1) is 5.43. The van der Waals surface area contributed by atoms with Crippen molar-refractivity contribution in [2.24, 2.45) is 0 Å². The van der Waals surface area contributed by atoms with Gasteiger partial charge < -0.3 is 5.32 Å². The molecule has 1 nitrogen and oxygen atoms in total. The van der Waals surface area contributed by atoms with Gasteiger partial charge in [-0.05, 0) is 25.8 Å². The number of hydrogen-bond acceptors (Lipinski definition) is 1. The number of rotatable bonds is 5. The molecule has 0 aliphatic heterocycles. The van der Waals surface area contributed by atoms with E-state index in [9.17, 15) is 0 Å². The SMILES string of the molecule is CCCCCNC1CCCC1. The van der Waals surface area contributed by atoms with E-state index in [-0.39, 0.29) is 0 Å².